The highest BCUT2D eigenvalue weighted by molar-refractivity contribution is 9.09. The molecule has 3 heteroatoms. The third kappa shape index (κ3) is 3.60. The van der Waals surface area contributed by atoms with Gasteiger partial charge in [-0.3, -0.25) is 4.79 Å². The first-order valence-corrected chi connectivity index (χ1v) is 6.51. The lowest BCUT2D eigenvalue weighted by molar-refractivity contribution is -0.125. The molecule has 0 spiro atoms. The first-order chi connectivity index (χ1) is 6.55. The van der Waals surface area contributed by atoms with Crippen LogP contribution in [0.2, 0.25) is 0 Å². The monoisotopic (exact) mass is 261 g/mol. The van der Waals surface area contributed by atoms with Crippen LogP contribution in [0.25, 0.3) is 0 Å². The summed E-state index contributed by atoms with van der Waals surface area (Å²) in [6, 6.07) is 0. The van der Waals surface area contributed by atoms with Gasteiger partial charge in [0, 0.05) is 17.8 Å². The van der Waals surface area contributed by atoms with Gasteiger partial charge in [0.1, 0.15) is 0 Å². The minimum atomic E-state index is 0.161. The quantitative estimate of drug-likeness (QED) is 0.775. The maximum Gasteiger partial charge on any atom is 0.223 e. The Balaban J connectivity index is 2.27. The van der Waals surface area contributed by atoms with Crippen molar-refractivity contribution < 1.29 is 4.79 Å². The lowest BCUT2D eigenvalue weighted by Crippen LogP contribution is -2.37. The molecule has 0 aromatic heterocycles. The van der Waals surface area contributed by atoms with E-state index in [1.165, 1.54) is 12.8 Å². The second kappa shape index (κ2) is 5.15. The fourth-order valence-corrected chi connectivity index (χ4v) is 1.90. The molecular formula is C11H20BrNO. The SMILES string of the molecule is CC(C)(CBr)CNC(=O)C1CCCC1. The van der Waals surface area contributed by atoms with Crippen molar-refractivity contribution in [1.29, 1.82) is 0 Å². The Labute approximate surface area is 95.0 Å². The van der Waals surface area contributed by atoms with Crippen molar-refractivity contribution in [3.8, 4) is 0 Å². The van der Waals surface area contributed by atoms with E-state index in [1.807, 2.05) is 0 Å². The molecule has 1 aliphatic carbocycles. The van der Waals surface area contributed by atoms with Crippen LogP contribution < -0.4 is 5.32 Å². The maximum atomic E-state index is 11.7. The summed E-state index contributed by atoms with van der Waals surface area (Å²) in [5, 5.41) is 3.97. The number of nitrogens with one attached hydrogen (secondary N) is 1. The van der Waals surface area contributed by atoms with Crippen LogP contribution >= 0.6 is 15.9 Å². The zero-order valence-corrected chi connectivity index (χ0v) is 10.7. The van der Waals surface area contributed by atoms with Crippen LogP contribution in [0.4, 0.5) is 0 Å². The Morgan fingerprint density at radius 3 is 2.50 bits per heavy atom. The largest absolute Gasteiger partial charge is 0.355 e. The van der Waals surface area contributed by atoms with E-state index in [1.54, 1.807) is 0 Å². The summed E-state index contributed by atoms with van der Waals surface area (Å²) < 4.78 is 0. The molecule has 1 rings (SSSR count). The molecule has 1 N–H and O–H groups in total. The first-order valence-electron chi connectivity index (χ1n) is 5.39. The van der Waals surface area contributed by atoms with E-state index in [2.05, 4.69) is 35.1 Å². The molecule has 0 aromatic rings. The number of hydrogen-bond donors (Lipinski definition) is 1. The molecule has 0 aromatic carbocycles. The normalized spacial score (nSPS) is 18.5. The van der Waals surface area contributed by atoms with Gasteiger partial charge in [-0.25, -0.2) is 0 Å². The van der Waals surface area contributed by atoms with Crippen molar-refractivity contribution in [2.75, 3.05) is 11.9 Å². The fraction of sp³-hybridized carbons (Fsp3) is 0.909. The Morgan fingerprint density at radius 2 is 2.00 bits per heavy atom. The van der Waals surface area contributed by atoms with Gasteiger partial charge in [0.2, 0.25) is 5.91 Å². The average molecular weight is 262 g/mol. The highest BCUT2D eigenvalue weighted by Gasteiger charge is 2.24. The summed E-state index contributed by atoms with van der Waals surface area (Å²) in [5.41, 5.74) is 0.161. The smallest absolute Gasteiger partial charge is 0.223 e. The minimum Gasteiger partial charge on any atom is -0.355 e. The standard InChI is InChI=1S/C11H20BrNO/c1-11(2,7-12)8-13-10(14)9-5-3-4-6-9/h9H,3-8H2,1-2H3,(H,13,14). The van der Waals surface area contributed by atoms with Crippen molar-refractivity contribution in [1.82, 2.24) is 5.32 Å². The Morgan fingerprint density at radius 1 is 1.43 bits per heavy atom. The summed E-state index contributed by atoms with van der Waals surface area (Å²) in [6.07, 6.45) is 4.61. The molecule has 2 nitrogen and oxygen atoms in total. The lowest BCUT2D eigenvalue weighted by atomic mass is 9.96. The van der Waals surface area contributed by atoms with Crippen LogP contribution in [-0.2, 0) is 4.79 Å². The number of carbonyl (C=O) groups excluding carboxylic acids is 1. The van der Waals surface area contributed by atoms with Crippen LogP contribution in [0, 0.1) is 11.3 Å². The van der Waals surface area contributed by atoms with Gasteiger partial charge in [0.05, 0.1) is 0 Å². The molecule has 0 radical (unpaired) electrons. The van der Waals surface area contributed by atoms with Crippen molar-refractivity contribution in [2.24, 2.45) is 11.3 Å². The molecule has 0 atom stereocenters. The van der Waals surface area contributed by atoms with Crippen LogP contribution in [0.15, 0.2) is 0 Å². The van der Waals surface area contributed by atoms with E-state index in [9.17, 15) is 4.79 Å². The number of halogens is 1. The molecular weight excluding hydrogens is 242 g/mol. The van der Waals surface area contributed by atoms with Crippen molar-refractivity contribution in [2.45, 2.75) is 39.5 Å². The molecule has 0 saturated heterocycles. The van der Waals surface area contributed by atoms with E-state index in [0.717, 1.165) is 24.7 Å². The maximum absolute atomic E-state index is 11.7. The van der Waals surface area contributed by atoms with Gasteiger partial charge < -0.3 is 5.32 Å². The van der Waals surface area contributed by atoms with Crippen molar-refractivity contribution >= 4 is 21.8 Å². The molecule has 14 heavy (non-hydrogen) atoms. The highest BCUT2D eigenvalue weighted by atomic mass is 79.9. The van der Waals surface area contributed by atoms with E-state index in [-0.39, 0.29) is 11.3 Å². The minimum absolute atomic E-state index is 0.161. The van der Waals surface area contributed by atoms with Crippen LogP contribution in [-0.4, -0.2) is 17.8 Å². The Hall–Kier alpha value is -0.0500. The van der Waals surface area contributed by atoms with Gasteiger partial charge in [-0.2, -0.15) is 0 Å². The predicted molar refractivity (Wildman–Crippen MR) is 62.5 cm³/mol. The topological polar surface area (TPSA) is 29.1 Å². The lowest BCUT2D eigenvalue weighted by Gasteiger charge is -2.23. The van der Waals surface area contributed by atoms with E-state index in [4.69, 9.17) is 0 Å². The average Bonchev–Trinajstić information content (AvgIpc) is 2.67. The van der Waals surface area contributed by atoms with Crippen LogP contribution in [0.1, 0.15) is 39.5 Å². The molecule has 1 saturated carbocycles. The first kappa shape index (κ1) is 12.0. The van der Waals surface area contributed by atoms with Crippen LogP contribution in [0.3, 0.4) is 0 Å². The summed E-state index contributed by atoms with van der Waals surface area (Å²) in [4.78, 5) is 11.7. The summed E-state index contributed by atoms with van der Waals surface area (Å²) in [5.74, 6) is 0.553. The molecule has 0 aliphatic heterocycles. The summed E-state index contributed by atoms with van der Waals surface area (Å²) in [7, 11) is 0. The second-order valence-corrected chi connectivity index (χ2v) is 5.56. The number of hydrogen-bond acceptors (Lipinski definition) is 1. The third-order valence-corrected chi connectivity index (χ3v) is 4.35. The summed E-state index contributed by atoms with van der Waals surface area (Å²) >= 11 is 3.45. The third-order valence-electron chi connectivity index (χ3n) is 2.83. The van der Waals surface area contributed by atoms with E-state index >= 15 is 0 Å². The Bertz CT molecular complexity index is 197. The predicted octanol–water partition coefficient (Wildman–Crippen LogP) is 2.71. The highest BCUT2D eigenvalue weighted by Crippen LogP contribution is 2.25. The molecule has 0 bridgehead atoms. The second-order valence-electron chi connectivity index (χ2n) is 5.00. The molecule has 1 aliphatic rings. The number of amides is 1. The van der Waals surface area contributed by atoms with Crippen molar-refractivity contribution in [3.05, 3.63) is 0 Å². The zero-order chi connectivity index (χ0) is 10.6. The van der Waals surface area contributed by atoms with Gasteiger partial charge in [0.15, 0.2) is 0 Å². The molecule has 0 heterocycles. The van der Waals surface area contributed by atoms with Gasteiger partial charge >= 0.3 is 0 Å². The molecule has 0 unspecified atom stereocenters. The number of carbonyl (C=O) groups is 1. The zero-order valence-electron chi connectivity index (χ0n) is 9.11. The van der Waals surface area contributed by atoms with Gasteiger partial charge in [-0.1, -0.05) is 42.6 Å². The van der Waals surface area contributed by atoms with Crippen molar-refractivity contribution in [3.63, 3.8) is 0 Å². The Kier molecular flexibility index (Phi) is 4.42. The van der Waals surface area contributed by atoms with E-state index < -0.39 is 0 Å². The molecule has 1 fully saturated rings. The fourth-order valence-electron chi connectivity index (χ4n) is 1.71. The van der Waals surface area contributed by atoms with E-state index in [0.29, 0.717) is 5.92 Å². The van der Waals surface area contributed by atoms with Gasteiger partial charge in [-0.05, 0) is 18.3 Å². The molecule has 1 amide bonds. The van der Waals surface area contributed by atoms with Crippen LogP contribution in [0.5, 0.6) is 0 Å². The summed E-state index contributed by atoms with van der Waals surface area (Å²) in [6.45, 7) is 5.07. The molecule has 82 valence electrons. The van der Waals surface area contributed by atoms with Gasteiger partial charge in [0.25, 0.3) is 0 Å². The number of rotatable bonds is 4. The van der Waals surface area contributed by atoms with Gasteiger partial charge in [-0.15, -0.1) is 0 Å². The number of alkyl halides is 1.